The standard InChI is InChI=1S/C10H14O3/c1-6(11)7-4-5-8(12)9(13)10(7,2)3/h7H,4-5H2,1-3H3. The molecule has 1 aliphatic rings. The molecular weight excluding hydrogens is 168 g/mol. The lowest BCUT2D eigenvalue weighted by Gasteiger charge is -2.34. The highest BCUT2D eigenvalue weighted by Gasteiger charge is 2.45. The predicted molar refractivity (Wildman–Crippen MR) is 47.2 cm³/mol. The van der Waals surface area contributed by atoms with Gasteiger partial charge in [0, 0.05) is 17.8 Å². The molecule has 0 spiro atoms. The van der Waals surface area contributed by atoms with E-state index in [1.54, 1.807) is 13.8 Å². The summed E-state index contributed by atoms with van der Waals surface area (Å²) in [6, 6.07) is 0. The van der Waals surface area contributed by atoms with Crippen molar-refractivity contribution in [2.75, 3.05) is 0 Å². The molecule has 0 N–H and O–H groups in total. The minimum Gasteiger partial charge on any atom is -0.300 e. The predicted octanol–water partition coefficient (Wildman–Crippen LogP) is 1.15. The monoisotopic (exact) mass is 182 g/mol. The Kier molecular flexibility index (Phi) is 2.37. The first-order valence-corrected chi connectivity index (χ1v) is 4.45. The van der Waals surface area contributed by atoms with Gasteiger partial charge in [-0.3, -0.25) is 14.4 Å². The highest BCUT2D eigenvalue weighted by molar-refractivity contribution is 6.40. The van der Waals surface area contributed by atoms with E-state index in [9.17, 15) is 14.4 Å². The molecule has 1 unspecified atom stereocenters. The van der Waals surface area contributed by atoms with E-state index in [1.165, 1.54) is 6.92 Å². The van der Waals surface area contributed by atoms with Gasteiger partial charge in [0.2, 0.25) is 5.78 Å². The van der Waals surface area contributed by atoms with Crippen molar-refractivity contribution in [1.82, 2.24) is 0 Å². The molecule has 1 saturated carbocycles. The highest BCUT2D eigenvalue weighted by Crippen LogP contribution is 2.36. The van der Waals surface area contributed by atoms with Crippen LogP contribution in [0.4, 0.5) is 0 Å². The molecule has 72 valence electrons. The van der Waals surface area contributed by atoms with Crippen LogP contribution in [0.25, 0.3) is 0 Å². The van der Waals surface area contributed by atoms with Crippen molar-refractivity contribution in [3.63, 3.8) is 0 Å². The quantitative estimate of drug-likeness (QED) is 0.571. The number of hydrogen-bond acceptors (Lipinski definition) is 3. The normalized spacial score (nSPS) is 27.5. The zero-order valence-corrected chi connectivity index (χ0v) is 8.22. The molecule has 0 saturated heterocycles. The van der Waals surface area contributed by atoms with Crippen molar-refractivity contribution in [2.24, 2.45) is 11.3 Å². The summed E-state index contributed by atoms with van der Waals surface area (Å²) < 4.78 is 0. The third kappa shape index (κ3) is 1.55. The fraction of sp³-hybridized carbons (Fsp3) is 0.700. The van der Waals surface area contributed by atoms with Crippen LogP contribution in [-0.2, 0) is 14.4 Å². The first kappa shape index (κ1) is 10.1. The summed E-state index contributed by atoms with van der Waals surface area (Å²) in [6.07, 6.45) is 0.749. The number of rotatable bonds is 1. The Morgan fingerprint density at radius 1 is 1.38 bits per heavy atom. The molecule has 0 heterocycles. The van der Waals surface area contributed by atoms with E-state index in [4.69, 9.17) is 0 Å². The Morgan fingerprint density at radius 2 is 1.92 bits per heavy atom. The summed E-state index contributed by atoms with van der Waals surface area (Å²) in [5.74, 6) is -0.995. The second kappa shape index (κ2) is 3.05. The first-order valence-electron chi connectivity index (χ1n) is 4.45. The van der Waals surface area contributed by atoms with Crippen LogP contribution in [0.1, 0.15) is 33.6 Å². The highest BCUT2D eigenvalue weighted by atomic mass is 16.2. The van der Waals surface area contributed by atoms with Gasteiger partial charge in [-0.2, -0.15) is 0 Å². The molecule has 0 aromatic carbocycles. The van der Waals surface area contributed by atoms with Crippen LogP contribution in [0.5, 0.6) is 0 Å². The average Bonchev–Trinajstić information content (AvgIpc) is 1.99. The molecule has 1 aliphatic carbocycles. The SMILES string of the molecule is CC(=O)C1CCC(=O)C(=O)C1(C)C. The Bertz CT molecular complexity index is 276. The Morgan fingerprint density at radius 3 is 2.38 bits per heavy atom. The molecule has 0 amide bonds. The lowest BCUT2D eigenvalue weighted by atomic mass is 9.66. The molecule has 13 heavy (non-hydrogen) atoms. The van der Waals surface area contributed by atoms with Crippen LogP contribution in [0.3, 0.4) is 0 Å². The van der Waals surface area contributed by atoms with Gasteiger partial charge >= 0.3 is 0 Å². The molecule has 0 aliphatic heterocycles. The number of hydrogen-bond donors (Lipinski definition) is 0. The van der Waals surface area contributed by atoms with Crippen LogP contribution in [0, 0.1) is 11.3 Å². The van der Waals surface area contributed by atoms with E-state index < -0.39 is 5.41 Å². The van der Waals surface area contributed by atoms with E-state index in [0.29, 0.717) is 6.42 Å². The maximum Gasteiger partial charge on any atom is 0.204 e. The van der Waals surface area contributed by atoms with Crippen LogP contribution in [-0.4, -0.2) is 17.3 Å². The summed E-state index contributed by atoms with van der Waals surface area (Å²) in [5, 5.41) is 0. The van der Waals surface area contributed by atoms with Crippen LogP contribution >= 0.6 is 0 Å². The van der Waals surface area contributed by atoms with Gasteiger partial charge in [-0.1, -0.05) is 13.8 Å². The van der Waals surface area contributed by atoms with Crippen molar-refractivity contribution in [1.29, 1.82) is 0 Å². The van der Waals surface area contributed by atoms with Gasteiger partial charge in [-0.05, 0) is 13.3 Å². The second-order valence-corrected chi connectivity index (χ2v) is 4.18. The van der Waals surface area contributed by atoms with E-state index >= 15 is 0 Å². The van der Waals surface area contributed by atoms with Crippen LogP contribution in [0.15, 0.2) is 0 Å². The summed E-state index contributed by atoms with van der Waals surface area (Å²) in [7, 11) is 0. The van der Waals surface area contributed by atoms with E-state index in [0.717, 1.165) is 0 Å². The van der Waals surface area contributed by atoms with Gasteiger partial charge in [0.15, 0.2) is 5.78 Å². The van der Waals surface area contributed by atoms with E-state index in [-0.39, 0.29) is 29.7 Å². The van der Waals surface area contributed by atoms with Gasteiger partial charge in [0.05, 0.1) is 0 Å². The van der Waals surface area contributed by atoms with Crippen molar-refractivity contribution in [3.05, 3.63) is 0 Å². The van der Waals surface area contributed by atoms with Crippen molar-refractivity contribution < 1.29 is 14.4 Å². The molecule has 0 bridgehead atoms. The number of ketones is 3. The van der Waals surface area contributed by atoms with Gasteiger partial charge in [0.1, 0.15) is 5.78 Å². The maximum atomic E-state index is 11.5. The average molecular weight is 182 g/mol. The number of carbonyl (C=O) groups is 3. The minimum atomic E-state index is -0.791. The van der Waals surface area contributed by atoms with Crippen molar-refractivity contribution in [2.45, 2.75) is 33.6 Å². The van der Waals surface area contributed by atoms with Crippen molar-refractivity contribution >= 4 is 17.3 Å². The van der Waals surface area contributed by atoms with Crippen molar-refractivity contribution in [3.8, 4) is 0 Å². The number of carbonyl (C=O) groups excluding carboxylic acids is 3. The molecule has 3 nitrogen and oxygen atoms in total. The van der Waals surface area contributed by atoms with Gasteiger partial charge in [0.25, 0.3) is 0 Å². The molecule has 0 radical (unpaired) electrons. The Balaban J connectivity index is 2.99. The zero-order valence-electron chi connectivity index (χ0n) is 8.22. The summed E-state index contributed by atoms with van der Waals surface area (Å²) in [4.78, 5) is 33.8. The number of Topliss-reactive ketones (excluding diaryl/α,β-unsaturated/α-hetero) is 3. The lowest BCUT2D eigenvalue weighted by molar-refractivity contribution is -0.149. The third-order valence-corrected chi connectivity index (χ3v) is 2.86. The molecule has 0 aromatic heterocycles. The second-order valence-electron chi connectivity index (χ2n) is 4.18. The molecule has 1 rings (SSSR count). The van der Waals surface area contributed by atoms with Gasteiger partial charge in [-0.25, -0.2) is 0 Å². The van der Waals surface area contributed by atoms with E-state index in [2.05, 4.69) is 0 Å². The summed E-state index contributed by atoms with van der Waals surface area (Å²) in [5.41, 5.74) is -0.791. The van der Waals surface area contributed by atoms with Gasteiger partial charge < -0.3 is 0 Å². The third-order valence-electron chi connectivity index (χ3n) is 2.86. The minimum absolute atomic E-state index is 0.00542. The van der Waals surface area contributed by atoms with E-state index in [1.807, 2.05) is 0 Å². The largest absolute Gasteiger partial charge is 0.300 e. The summed E-state index contributed by atoms with van der Waals surface area (Å²) >= 11 is 0. The van der Waals surface area contributed by atoms with Gasteiger partial charge in [-0.15, -0.1) is 0 Å². The van der Waals surface area contributed by atoms with Crippen LogP contribution < -0.4 is 0 Å². The Hall–Kier alpha value is -0.990. The smallest absolute Gasteiger partial charge is 0.204 e. The molecule has 3 heteroatoms. The fourth-order valence-electron chi connectivity index (χ4n) is 1.98. The molecule has 0 aromatic rings. The lowest BCUT2D eigenvalue weighted by Crippen LogP contribution is -2.45. The first-order chi connectivity index (χ1) is 5.87. The maximum absolute atomic E-state index is 11.5. The molecule has 1 atom stereocenters. The molecular formula is C10H14O3. The fourth-order valence-corrected chi connectivity index (χ4v) is 1.98. The Labute approximate surface area is 77.5 Å². The zero-order chi connectivity index (χ0) is 10.2. The molecule has 1 fully saturated rings. The topological polar surface area (TPSA) is 51.2 Å². The summed E-state index contributed by atoms with van der Waals surface area (Å²) in [6.45, 7) is 4.84. The van der Waals surface area contributed by atoms with Crippen LogP contribution in [0.2, 0.25) is 0 Å².